The van der Waals surface area contributed by atoms with Gasteiger partial charge in [0.2, 0.25) is 0 Å². The fourth-order valence-corrected chi connectivity index (χ4v) is 3.08. The fourth-order valence-electron chi connectivity index (χ4n) is 2.59. The van der Waals surface area contributed by atoms with E-state index in [4.69, 9.17) is 23.2 Å². The molecule has 5 heteroatoms. The Morgan fingerprint density at radius 1 is 1.10 bits per heavy atom. The average molecular weight is 316 g/mol. The number of hydrogen-bond donors (Lipinski definition) is 2. The number of aromatic nitrogens is 1. The number of nitrogens with zero attached hydrogens (tertiary/aromatic N) is 1. The maximum absolute atomic E-state index is 6.22. The summed E-state index contributed by atoms with van der Waals surface area (Å²) < 4.78 is 0. The molecule has 2 N–H and O–H groups in total. The lowest BCUT2D eigenvalue weighted by atomic mass is 9.89. The third-order valence-electron chi connectivity index (χ3n) is 3.75. The molecule has 0 spiro atoms. The molecular formula is C15H23Cl2N3. The van der Waals surface area contributed by atoms with Crippen molar-refractivity contribution in [1.29, 1.82) is 0 Å². The minimum absolute atomic E-state index is 0.576. The molecule has 1 aliphatic rings. The van der Waals surface area contributed by atoms with E-state index in [1.165, 1.54) is 32.1 Å². The van der Waals surface area contributed by atoms with Gasteiger partial charge in [-0.1, -0.05) is 49.4 Å². The van der Waals surface area contributed by atoms with Gasteiger partial charge in [-0.05, 0) is 31.2 Å². The fraction of sp³-hybridized carbons (Fsp3) is 0.667. The lowest BCUT2D eigenvalue weighted by Crippen LogP contribution is -2.18. The van der Waals surface area contributed by atoms with Crippen LogP contribution < -0.4 is 10.6 Å². The average Bonchev–Trinajstić information content (AvgIpc) is 2.46. The number of hydrogen-bond acceptors (Lipinski definition) is 3. The molecule has 112 valence electrons. The summed E-state index contributed by atoms with van der Waals surface area (Å²) in [6.07, 6.45) is 7.71. The van der Waals surface area contributed by atoms with Crippen molar-refractivity contribution in [3.8, 4) is 0 Å². The van der Waals surface area contributed by atoms with Gasteiger partial charge in [0.1, 0.15) is 11.6 Å². The van der Waals surface area contributed by atoms with Gasteiger partial charge in [-0.25, -0.2) is 4.98 Å². The van der Waals surface area contributed by atoms with Gasteiger partial charge < -0.3 is 10.6 Å². The summed E-state index contributed by atoms with van der Waals surface area (Å²) in [5.41, 5.74) is 0. The minimum Gasteiger partial charge on any atom is -0.369 e. The number of rotatable bonds is 6. The van der Waals surface area contributed by atoms with E-state index in [1.807, 2.05) is 0 Å². The molecule has 0 atom stereocenters. The summed E-state index contributed by atoms with van der Waals surface area (Å²) in [5.74, 6) is 2.19. The zero-order valence-electron chi connectivity index (χ0n) is 12.0. The molecule has 20 heavy (non-hydrogen) atoms. The summed E-state index contributed by atoms with van der Waals surface area (Å²) in [4.78, 5) is 4.51. The quantitative estimate of drug-likeness (QED) is 0.757. The SMILES string of the molecule is CCCNc1nc(NCC2CCCCC2)c(Cl)cc1Cl. The van der Waals surface area contributed by atoms with Gasteiger partial charge in [-0.2, -0.15) is 0 Å². The molecule has 0 amide bonds. The van der Waals surface area contributed by atoms with E-state index < -0.39 is 0 Å². The van der Waals surface area contributed by atoms with Crippen molar-refractivity contribution in [2.75, 3.05) is 23.7 Å². The van der Waals surface area contributed by atoms with Crippen LogP contribution in [0.25, 0.3) is 0 Å². The molecule has 1 saturated carbocycles. The van der Waals surface area contributed by atoms with Crippen LogP contribution in [-0.4, -0.2) is 18.1 Å². The van der Waals surface area contributed by atoms with Gasteiger partial charge in [0.25, 0.3) is 0 Å². The van der Waals surface area contributed by atoms with Crippen molar-refractivity contribution < 1.29 is 0 Å². The van der Waals surface area contributed by atoms with Crippen LogP contribution in [0.5, 0.6) is 0 Å². The Morgan fingerprint density at radius 2 is 1.75 bits per heavy atom. The van der Waals surface area contributed by atoms with Crippen molar-refractivity contribution in [1.82, 2.24) is 4.98 Å². The van der Waals surface area contributed by atoms with Gasteiger partial charge in [0.15, 0.2) is 0 Å². The molecule has 0 aromatic carbocycles. The zero-order valence-corrected chi connectivity index (χ0v) is 13.5. The van der Waals surface area contributed by atoms with Crippen molar-refractivity contribution in [2.45, 2.75) is 45.4 Å². The van der Waals surface area contributed by atoms with Gasteiger partial charge >= 0.3 is 0 Å². The predicted molar refractivity (Wildman–Crippen MR) is 88.1 cm³/mol. The molecular weight excluding hydrogens is 293 g/mol. The number of anilines is 2. The molecule has 0 aliphatic heterocycles. The third kappa shape index (κ3) is 4.42. The maximum Gasteiger partial charge on any atom is 0.147 e. The number of halogens is 2. The topological polar surface area (TPSA) is 37.0 Å². The monoisotopic (exact) mass is 315 g/mol. The highest BCUT2D eigenvalue weighted by molar-refractivity contribution is 6.37. The minimum atomic E-state index is 0.576. The molecule has 3 nitrogen and oxygen atoms in total. The first-order valence-corrected chi connectivity index (χ1v) is 8.30. The van der Waals surface area contributed by atoms with Crippen molar-refractivity contribution in [3.63, 3.8) is 0 Å². The van der Waals surface area contributed by atoms with Gasteiger partial charge in [0, 0.05) is 13.1 Å². The molecule has 1 heterocycles. The second kappa shape index (κ2) is 7.94. The molecule has 0 saturated heterocycles. The van der Waals surface area contributed by atoms with Crippen LogP contribution in [0.1, 0.15) is 45.4 Å². The third-order valence-corrected chi connectivity index (χ3v) is 4.33. The molecule has 1 aliphatic carbocycles. The molecule has 0 bridgehead atoms. The molecule has 1 aromatic heterocycles. The van der Waals surface area contributed by atoms with E-state index in [9.17, 15) is 0 Å². The van der Waals surface area contributed by atoms with E-state index >= 15 is 0 Å². The normalized spacial score (nSPS) is 16.1. The lowest BCUT2D eigenvalue weighted by molar-refractivity contribution is 0.373. The summed E-state index contributed by atoms with van der Waals surface area (Å²) in [7, 11) is 0. The Balaban J connectivity index is 1.98. The van der Waals surface area contributed by atoms with Crippen LogP contribution in [0.15, 0.2) is 6.07 Å². The zero-order chi connectivity index (χ0) is 14.4. The van der Waals surface area contributed by atoms with Crippen LogP contribution in [-0.2, 0) is 0 Å². The Labute approximate surface area is 131 Å². The lowest BCUT2D eigenvalue weighted by Gasteiger charge is -2.22. The Morgan fingerprint density at radius 3 is 2.40 bits per heavy atom. The van der Waals surface area contributed by atoms with E-state index in [2.05, 4.69) is 22.5 Å². The summed E-state index contributed by atoms with van der Waals surface area (Å²) in [6, 6.07) is 1.76. The summed E-state index contributed by atoms with van der Waals surface area (Å²) in [6.45, 7) is 3.91. The number of nitrogens with one attached hydrogen (secondary N) is 2. The molecule has 1 aromatic rings. The second-order valence-corrected chi connectivity index (χ2v) is 6.28. The highest BCUT2D eigenvalue weighted by atomic mass is 35.5. The van der Waals surface area contributed by atoms with E-state index in [0.29, 0.717) is 15.9 Å². The maximum atomic E-state index is 6.22. The molecule has 0 unspecified atom stereocenters. The predicted octanol–water partition coefficient (Wildman–Crippen LogP) is 5.20. The molecule has 2 rings (SSSR count). The highest BCUT2D eigenvalue weighted by Crippen LogP contribution is 2.30. The Kier molecular flexibility index (Phi) is 6.24. The Bertz CT molecular complexity index is 431. The Hall–Kier alpha value is -0.670. The van der Waals surface area contributed by atoms with Crippen LogP contribution >= 0.6 is 23.2 Å². The van der Waals surface area contributed by atoms with E-state index in [-0.39, 0.29) is 0 Å². The highest BCUT2D eigenvalue weighted by Gasteiger charge is 2.15. The van der Waals surface area contributed by atoms with Gasteiger partial charge in [-0.15, -0.1) is 0 Å². The van der Waals surface area contributed by atoms with Crippen molar-refractivity contribution in [3.05, 3.63) is 16.1 Å². The van der Waals surface area contributed by atoms with E-state index in [1.54, 1.807) is 6.07 Å². The molecule has 1 fully saturated rings. The standard InChI is InChI=1S/C15H23Cl2N3/c1-2-8-18-14-12(16)9-13(17)15(20-14)19-10-11-6-4-3-5-7-11/h9,11H,2-8,10H2,1H3,(H2,18,19,20). The van der Waals surface area contributed by atoms with Crippen LogP contribution in [0.3, 0.4) is 0 Å². The van der Waals surface area contributed by atoms with E-state index in [0.717, 1.165) is 31.2 Å². The van der Waals surface area contributed by atoms with Gasteiger partial charge in [0.05, 0.1) is 10.0 Å². The first-order chi connectivity index (χ1) is 9.70. The second-order valence-electron chi connectivity index (χ2n) is 5.46. The van der Waals surface area contributed by atoms with Crippen LogP contribution in [0.4, 0.5) is 11.6 Å². The first kappa shape index (κ1) is 15.7. The first-order valence-electron chi connectivity index (χ1n) is 7.54. The van der Waals surface area contributed by atoms with Gasteiger partial charge in [-0.3, -0.25) is 0 Å². The summed E-state index contributed by atoms with van der Waals surface area (Å²) in [5, 5.41) is 7.78. The van der Waals surface area contributed by atoms with Crippen LogP contribution in [0.2, 0.25) is 10.0 Å². The number of pyridine rings is 1. The van der Waals surface area contributed by atoms with Crippen LogP contribution in [0, 0.1) is 5.92 Å². The molecule has 0 radical (unpaired) electrons. The van der Waals surface area contributed by atoms with Crippen molar-refractivity contribution in [2.24, 2.45) is 5.92 Å². The van der Waals surface area contributed by atoms with Crippen molar-refractivity contribution >= 4 is 34.8 Å². The largest absolute Gasteiger partial charge is 0.369 e. The summed E-state index contributed by atoms with van der Waals surface area (Å²) >= 11 is 12.4. The smallest absolute Gasteiger partial charge is 0.147 e.